The van der Waals surface area contributed by atoms with E-state index in [-0.39, 0.29) is 10.6 Å². The number of aryl methyl sites for hydroxylation is 1. The van der Waals surface area contributed by atoms with Gasteiger partial charge in [0.05, 0.1) is 22.6 Å². The smallest absolute Gasteiger partial charge is 0.269 e. The van der Waals surface area contributed by atoms with Crippen LogP contribution in [0.5, 0.6) is 5.75 Å². The van der Waals surface area contributed by atoms with Crippen molar-refractivity contribution in [1.82, 2.24) is 0 Å². The average Bonchev–Trinajstić information content (AvgIpc) is 2.92. The van der Waals surface area contributed by atoms with E-state index in [1.807, 2.05) is 19.1 Å². The predicted octanol–water partition coefficient (Wildman–Crippen LogP) is 5.89. The summed E-state index contributed by atoms with van der Waals surface area (Å²) in [6, 6.07) is 25.8. The van der Waals surface area contributed by atoms with Gasteiger partial charge in [-0.25, -0.2) is 8.42 Å². The molecule has 0 spiro atoms. The van der Waals surface area contributed by atoms with Gasteiger partial charge in [0.15, 0.2) is 0 Å². The normalized spacial score (nSPS) is 11.5. The monoisotopic (exact) mass is 543 g/mol. The first-order chi connectivity index (χ1) is 18.7. The third kappa shape index (κ3) is 6.68. The highest BCUT2D eigenvalue weighted by Crippen LogP contribution is 2.28. The highest BCUT2D eigenvalue weighted by molar-refractivity contribution is 7.92. The molecule has 0 atom stereocenters. The molecule has 4 rings (SSSR count). The van der Waals surface area contributed by atoms with Crippen LogP contribution in [-0.4, -0.2) is 26.4 Å². The van der Waals surface area contributed by atoms with Crippen LogP contribution in [0.3, 0.4) is 0 Å². The topological polar surface area (TPSA) is 128 Å². The van der Waals surface area contributed by atoms with E-state index in [4.69, 9.17) is 4.74 Å². The highest BCUT2D eigenvalue weighted by Gasteiger charge is 2.18. The van der Waals surface area contributed by atoms with Crippen LogP contribution >= 0.6 is 0 Å². The third-order valence-electron chi connectivity index (χ3n) is 5.77. The molecule has 0 heterocycles. The molecule has 9 nitrogen and oxygen atoms in total. The van der Waals surface area contributed by atoms with Gasteiger partial charge in [-0.15, -0.1) is 0 Å². The summed E-state index contributed by atoms with van der Waals surface area (Å²) in [7, 11) is -2.46. The number of carbonyl (C=O) groups is 1. The number of non-ortho nitro benzene ring substituents is 1. The van der Waals surface area contributed by atoms with Crippen LogP contribution in [-0.2, 0) is 14.8 Å². The summed E-state index contributed by atoms with van der Waals surface area (Å²) in [6.45, 7) is 1.84. The van der Waals surface area contributed by atoms with E-state index >= 15 is 0 Å². The second kappa shape index (κ2) is 11.6. The first-order valence-corrected chi connectivity index (χ1v) is 13.2. The minimum atomic E-state index is -3.92. The molecule has 0 unspecified atom stereocenters. The number of nitro groups is 1. The second-order valence-corrected chi connectivity index (χ2v) is 10.2. The molecule has 0 radical (unpaired) electrons. The molecule has 0 saturated heterocycles. The molecule has 10 heteroatoms. The van der Waals surface area contributed by atoms with Gasteiger partial charge in [-0.2, -0.15) is 0 Å². The van der Waals surface area contributed by atoms with Crippen LogP contribution in [0.1, 0.15) is 16.7 Å². The molecule has 0 saturated carbocycles. The Balaban J connectivity index is 1.56. The molecule has 0 aromatic heterocycles. The minimum Gasteiger partial charge on any atom is -0.495 e. The molecule has 4 aromatic carbocycles. The van der Waals surface area contributed by atoms with E-state index in [1.165, 1.54) is 43.5 Å². The lowest BCUT2D eigenvalue weighted by Gasteiger charge is -2.13. The zero-order valence-electron chi connectivity index (χ0n) is 21.1. The summed E-state index contributed by atoms with van der Waals surface area (Å²) >= 11 is 0. The van der Waals surface area contributed by atoms with Crippen molar-refractivity contribution in [2.45, 2.75) is 11.8 Å². The molecule has 0 aliphatic rings. The number of carbonyl (C=O) groups excluding carboxylic acids is 1. The third-order valence-corrected chi connectivity index (χ3v) is 7.15. The van der Waals surface area contributed by atoms with Crippen LogP contribution in [0.15, 0.2) is 102 Å². The van der Waals surface area contributed by atoms with Crippen LogP contribution < -0.4 is 14.8 Å². The second-order valence-electron chi connectivity index (χ2n) is 8.56. The van der Waals surface area contributed by atoms with Gasteiger partial charge in [0.25, 0.3) is 21.6 Å². The van der Waals surface area contributed by atoms with Gasteiger partial charge < -0.3 is 10.1 Å². The molecular weight excluding hydrogens is 518 g/mol. The average molecular weight is 544 g/mol. The van der Waals surface area contributed by atoms with Gasteiger partial charge in [-0.3, -0.25) is 19.6 Å². The Hall–Kier alpha value is -4.96. The fourth-order valence-corrected chi connectivity index (χ4v) is 4.84. The van der Waals surface area contributed by atoms with E-state index in [9.17, 15) is 23.3 Å². The predicted molar refractivity (Wildman–Crippen MR) is 151 cm³/mol. The molecule has 39 heavy (non-hydrogen) atoms. The van der Waals surface area contributed by atoms with Crippen LogP contribution in [0.2, 0.25) is 0 Å². The summed E-state index contributed by atoms with van der Waals surface area (Å²) < 4.78 is 33.7. The van der Waals surface area contributed by atoms with Gasteiger partial charge >= 0.3 is 0 Å². The van der Waals surface area contributed by atoms with E-state index in [1.54, 1.807) is 54.6 Å². The Morgan fingerprint density at radius 3 is 2.21 bits per heavy atom. The number of amides is 1. The Morgan fingerprint density at radius 2 is 1.59 bits per heavy atom. The summed E-state index contributed by atoms with van der Waals surface area (Å²) in [6.07, 6.45) is 1.63. The van der Waals surface area contributed by atoms with Crippen molar-refractivity contribution in [3.63, 3.8) is 0 Å². The van der Waals surface area contributed by atoms with Crippen molar-refractivity contribution in [3.05, 3.63) is 124 Å². The van der Waals surface area contributed by atoms with Gasteiger partial charge in [0.1, 0.15) is 5.75 Å². The van der Waals surface area contributed by atoms with Crippen LogP contribution in [0.25, 0.3) is 11.6 Å². The molecular formula is C29H25N3O6S. The highest BCUT2D eigenvalue weighted by atomic mass is 32.2. The van der Waals surface area contributed by atoms with E-state index < -0.39 is 20.9 Å². The zero-order valence-corrected chi connectivity index (χ0v) is 21.9. The number of nitrogens with zero attached hydrogens (tertiary/aromatic N) is 1. The van der Waals surface area contributed by atoms with Gasteiger partial charge in [0.2, 0.25) is 0 Å². The molecule has 0 aliphatic carbocycles. The Morgan fingerprint density at radius 1 is 0.923 bits per heavy atom. The largest absolute Gasteiger partial charge is 0.495 e. The fourth-order valence-electron chi connectivity index (χ4n) is 3.78. The number of ether oxygens (including phenoxy) is 1. The number of sulfonamides is 1. The Bertz CT molecular complexity index is 1630. The maximum atomic E-state index is 13.3. The molecule has 1 amide bonds. The van der Waals surface area contributed by atoms with Crippen LogP contribution in [0.4, 0.5) is 17.1 Å². The molecule has 2 N–H and O–H groups in total. The summed E-state index contributed by atoms with van der Waals surface area (Å²) in [4.78, 5) is 23.8. The van der Waals surface area contributed by atoms with Gasteiger partial charge in [-0.05, 0) is 78.2 Å². The number of methoxy groups -OCH3 is 1. The first kappa shape index (κ1) is 27.1. The zero-order chi connectivity index (χ0) is 28.0. The summed E-state index contributed by atoms with van der Waals surface area (Å²) in [5.74, 6) is -0.0425. The lowest BCUT2D eigenvalue weighted by atomic mass is 10.0. The van der Waals surface area contributed by atoms with Crippen molar-refractivity contribution in [2.24, 2.45) is 0 Å². The Labute approximate surface area is 226 Å². The SMILES string of the molecule is COc1ccc(C)cc1NS(=O)(=O)c1ccc(NC(=O)/C(=C/c2ccc([N+](=O)[O-])cc2)c2ccccc2)cc1. The summed E-state index contributed by atoms with van der Waals surface area (Å²) in [5, 5.41) is 13.8. The van der Waals surface area contributed by atoms with Crippen molar-refractivity contribution < 1.29 is 22.9 Å². The molecule has 0 bridgehead atoms. The van der Waals surface area contributed by atoms with Crippen molar-refractivity contribution in [3.8, 4) is 5.75 Å². The number of benzene rings is 4. The fraction of sp³-hybridized carbons (Fsp3) is 0.0690. The van der Waals surface area contributed by atoms with E-state index in [2.05, 4.69) is 10.0 Å². The maximum absolute atomic E-state index is 13.3. The lowest BCUT2D eigenvalue weighted by molar-refractivity contribution is -0.384. The molecule has 0 fully saturated rings. The van der Waals surface area contributed by atoms with Crippen molar-refractivity contribution >= 4 is 44.6 Å². The number of rotatable bonds is 9. The van der Waals surface area contributed by atoms with Crippen molar-refractivity contribution in [1.29, 1.82) is 0 Å². The standard InChI is InChI=1S/C29H25N3O6S/c1-20-8-17-28(38-2)27(18-20)31-39(36,37)25-15-11-23(12-16-25)30-29(33)26(22-6-4-3-5-7-22)19-21-9-13-24(14-10-21)32(34)35/h3-19,31H,1-2H3,(H,30,33)/b26-19+. The molecule has 4 aromatic rings. The molecule has 0 aliphatic heterocycles. The summed E-state index contributed by atoms with van der Waals surface area (Å²) in [5.41, 5.74) is 3.09. The van der Waals surface area contributed by atoms with Gasteiger partial charge in [-0.1, -0.05) is 36.4 Å². The van der Waals surface area contributed by atoms with E-state index in [0.29, 0.717) is 33.8 Å². The minimum absolute atomic E-state index is 0.00811. The van der Waals surface area contributed by atoms with Gasteiger partial charge in [0, 0.05) is 23.4 Å². The number of hydrogen-bond donors (Lipinski definition) is 2. The van der Waals surface area contributed by atoms with E-state index in [0.717, 1.165) is 5.56 Å². The number of anilines is 2. The first-order valence-electron chi connectivity index (χ1n) is 11.8. The van der Waals surface area contributed by atoms with Crippen LogP contribution in [0, 0.1) is 17.0 Å². The lowest BCUT2D eigenvalue weighted by Crippen LogP contribution is -2.15. The molecule has 198 valence electrons. The number of nitrogens with one attached hydrogen (secondary N) is 2. The number of hydrogen-bond acceptors (Lipinski definition) is 6. The maximum Gasteiger partial charge on any atom is 0.269 e. The van der Waals surface area contributed by atoms with Crippen molar-refractivity contribution in [2.75, 3.05) is 17.1 Å². The quantitative estimate of drug-likeness (QED) is 0.117. The number of nitro benzene ring substituents is 1. The Kier molecular flexibility index (Phi) is 8.07.